The summed E-state index contributed by atoms with van der Waals surface area (Å²) in [5.74, 6) is 0.495. The Labute approximate surface area is 176 Å². The molecule has 3 atom stereocenters. The maximum Gasteiger partial charge on any atom is 0.254 e. The lowest BCUT2D eigenvalue weighted by atomic mass is 9.66. The largest absolute Gasteiger partial charge is 0.497 e. The number of likely N-dealkylation sites (tertiary alicyclic amines) is 1. The Morgan fingerprint density at radius 1 is 1.13 bits per heavy atom. The van der Waals surface area contributed by atoms with Crippen LogP contribution in [0.3, 0.4) is 0 Å². The Bertz CT molecular complexity index is 933. The molecule has 1 heterocycles. The first-order valence-corrected chi connectivity index (χ1v) is 10.5. The van der Waals surface area contributed by atoms with Crippen LogP contribution < -0.4 is 9.47 Å². The van der Waals surface area contributed by atoms with Crippen LogP contribution in [0.25, 0.3) is 0 Å². The Hall–Kier alpha value is -2.60. The highest BCUT2D eigenvalue weighted by Crippen LogP contribution is 2.51. The topological polar surface area (TPSA) is 59.0 Å². The third-order valence-electron chi connectivity index (χ3n) is 6.66. The van der Waals surface area contributed by atoms with E-state index in [0.29, 0.717) is 30.0 Å². The van der Waals surface area contributed by atoms with Gasteiger partial charge in [-0.25, -0.2) is 4.39 Å². The first-order chi connectivity index (χ1) is 14.5. The maximum absolute atomic E-state index is 13.8. The molecule has 6 heteroatoms. The van der Waals surface area contributed by atoms with Crippen LogP contribution in [-0.4, -0.2) is 42.3 Å². The Balaban J connectivity index is 1.80. The molecular formula is C24H28FNO4. The standard InChI is InChI=1S/C24H28FNO4/c1-29-18-9-10-19(21(15-18)30-2)22-20-8-3-4-11-24(20,28)12-13-26(22)23(27)16-6-5-7-17(25)14-16/h5-7,9-10,14-15,20,22,28H,3-4,8,11-13H2,1-2H3/t20-,22+,24-/m0/s1. The molecule has 0 aromatic heterocycles. The number of ether oxygens (including phenoxy) is 2. The zero-order valence-electron chi connectivity index (χ0n) is 17.4. The predicted molar refractivity (Wildman–Crippen MR) is 111 cm³/mol. The minimum Gasteiger partial charge on any atom is -0.497 e. The number of aliphatic hydroxyl groups is 1. The van der Waals surface area contributed by atoms with Crippen molar-refractivity contribution in [3.8, 4) is 11.5 Å². The summed E-state index contributed by atoms with van der Waals surface area (Å²) in [5.41, 5.74) is 0.342. The second-order valence-electron chi connectivity index (χ2n) is 8.27. The maximum atomic E-state index is 13.8. The van der Waals surface area contributed by atoms with Gasteiger partial charge in [0.2, 0.25) is 0 Å². The van der Waals surface area contributed by atoms with Gasteiger partial charge in [0.1, 0.15) is 17.3 Å². The van der Waals surface area contributed by atoms with Crippen molar-refractivity contribution in [2.75, 3.05) is 20.8 Å². The average molecular weight is 413 g/mol. The summed E-state index contributed by atoms with van der Waals surface area (Å²) in [4.78, 5) is 15.2. The van der Waals surface area contributed by atoms with Gasteiger partial charge in [-0.05, 0) is 49.6 Å². The summed E-state index contributed by atoms with van der Waals surface area (Å²) in [6, 6.07) is 11.0. The van der Waals surface area contributed by atoms with Crippen LogP contribution in [0.5, 0.6) is 11.5 Å². The number of nitrogens with zero attached hydrogens (tertiary/aromatic N) is 1. The van der Waals surface area contributed by atoms with Crippen LogP contribution in [0.15, 0.2) is 42.5 Å². The molecule has 2 aromatic carbocycles. The minimum absolute atomic E-state index is 0.111. The first-order valence-electron chi connectivity index (χ1n) is 10.5. The number of hydrogen-bond donors (Lipinski definition) is 1. The lowest BCUT2D eigenvalue weighted by molar-refractivity contribution is -0.115. The van der Waals surface area contributed by atoms with Crippen LogP contribution in [0, 0.1) is 11.7 Å². The van der Waals surface area contributed by atoms with Gasteiger partial charge in [-0.2, -0.15) is 0 Å². The number of benzene rings is 2. The Kier molecular flexibility index (Phi) is 5.69. The van der Waals surface area contributed by atoms with Gasteiger partial charge in [0.05, 0.1) is 25.9 Å². The fourth-order valence-corrected chi connectivity index (χ4v) is 5.14. The molecule has 0 spiro atoms. The summed E-state index contributed by atoms with van der Waals surface area (Å²) in [7, 11) is 3.18. The highest BCUT2D eigenvalue weighted by atomic mass is 19.1. The number of amides is 1. The molecule has 0 bridgehead atoms. The second kappa shape index (κ2) is 8.26. The SMILES string of the molecule is COc1ccc([C@@H]2[C@@H]3CCCC[C@]3(O)CCN2C(=O)c2cccc(F)c2)c(OC)c1. The van der Waals surface area contributed by atoms with Crippen molar-refractivity contribution in [1.82, 2.24) is 4.90 Å². The molecule has 160 valence electrons. The molecule has 0 radical (unpaired) electrons. The summed E-state index contributed by atoms with van der Waals surface area (Å²) in [6.45, 7) is 0.405. The zero-order chi connectivity index (χ0) is 21.3. The van der Waals surface area contributed by atoms with E-state index >= 15 is 0 Å². The van der Waals surface area contributed by atoms with Gasteiger partial charge in [-0.3, -0.25) is 4.79 Å². The van der Waals surface area contributed by atoms with Gasteiger partial charge in [-0.1, -0.05) is 18.9 Å². The number of fused-ring (bicyclic) bond motifs is 1. The van der Waals surface area contributed by atoms with Crippen LogP contribution in [0.4, 0.5) is 4.39 Å². The molecule has 1 N–H and O–H groups in total. The number of halogens is 1. The number of carbonyl (C=O) groups excluding carboxylic acids is 1. The molecule has 2 aromatic rings. The number of carbonyl (C=O) groups is 1. The van der Waals surface area contributed by atoms with Crippen LogP contribution in [0.2, 0.25) is 0 Å². The van der Waals surface area contributed by atoms with E-state index in [1.165, 1.54) is 12.1 Å². The molecule has 0 unspecified atom stereocenters. The number of hydrogen-bond acceptors (Lipinski definition) is 4. The van der Waals surface area contributed by atoms with Gasteiger partial charge in [0.25, 0.3) is 5.91 Å². The van der Waals surface area contributed by atoms with E-state index in [1.807, 2.05) is 12.1 Å². The predicted octanol–water partition coefficient (Wildman–Crippen LogP) is 4.35. The molecule has 1 saturated heterocycles. The highest BCUT2D eigenvalue weighted by Gasteiger charge is 2.51. The zero-order valence-corrected chi connectivity index (χ0v) is 17.4. The van der Waals surface area contributed by atoms with Crippen molar-refractivity contribution < 1.29 is 23.8 Å². The Morgan fingerprint density at radius 3 is 2.70 bits per heavy atom. The molecule has 4 rings (SSSR count). The van der Waals surface area contributed by atoms with Crippen LogP contribution >= 0.6 is 0 Å². The van der Waals surface area contributed by atoms with Gasteiger partial charge >= 0.3 is 0 Å². The number of piperidine rings is 1. The van der Waals surface area contributed by atoms with E-state index < -0.39 is 11.4 Å². The normalized spacial score (nSPS) is 26.1. The first kappa shape index (κ1) is 20.7. The fourth-order valence-electron chi connectivity index (χ4n) is 5.14. The third kappa shape index (κ3) is 3.65. The molecule has 1 amide bonds. The monoisotopic (exact) mass is 413 g/mol. The van der Waals surface area contributed by atoms with E-state index in [2.05, 4.69) is 0 Å². The van der Waals surface area contributed by atoms with Crippen molar-refractivity contribution in [3.05, 3.63) is 59.4 Å². The molecule has 1 aliphatic carbocycles. The van der Waals surface area contributed by atoms with E-state index in [-0.39, 0.29) is 17.9 Å². The summed E-state index contributed by atoms with van der Waals surface area (Å²) in [5, 5.41) is 11.4. The van der Waals surface area contributed by atoms with Gasteiger partial charge in [-0.15, -0.1) is 0 Å². The smallest absolute Gasteiger partial charge is 0.254 e. The molecule has 2 fully saturated rings. The molecule has 30 heavy (non-hydrogen) atoms. The van der Waals surface area contributed by atoms with E-state index in [0.717, 1.165) is 31.2 Å². The van der Waals surface area contributed by atoms with Gasteiger partial charge in [0.15, 0.2) is 0 Å². The van der Waals surface area contributed by atoms with E-state index in [4.69, 9.17) is 9.47 Å². The van der Waals surface area contributed by atoms with Crippen molar-refractivity contribution in [3.63, 3.8) is 0 Å². The molecule has 1 aliphatic heterocycles. The third-order valence-corrected chi connectivity index (χ3v) is 6.66. The number of rotatable bonds is 4. The van der Waals surface area contributed by atoms with Crippen molar-refractivity contribution in [2.45, 2.75) is 43.7 Å². The lowest BCUT2D eigenvalue weighted by Crippen LogP contribution is -2.56. The fraction of sp³-hybridized carbons (Fsp3) is 0.458. The lowest BCUT2D eigenvalue weighted by Gasteiger charge is -2.52. The summed E-state index contributed by atoms with van der Waals surface area (Å²) in [6.07, 6.45) is 4.06. The second-order valence-corrected chi connectivity index (χ2v) is 8.27. The average Bonchev–Trinajstić information content (AvgIpc) is 2.77. The van der Waals surface area contributed by atoms with Gasteiger partial charge in [0, 0.05) is 29.7 Å². The minimum atomic E-state index is -0.813. The summed E-state index contributed by atoms with van der Waals surface area (Å²) >= 11 is 0. The molecular weight excluding hydrogens is 385 g/mol. The van der Waals surface area contributed by atoms with Crippen molar-refractivity contribution in [2.24, 2.45) is 5.92 Å². The van der Waals surface area contributed by atoms with Crippen LogP contribution in [0.1, 0.15) is 54.1 Å². The highest BCUT2D eigenvalue weighted by molar-refractivity contribution is 5.94. The molecule has 2 aliphatic rings. The van der Waals surface area contributed by atoms with Crippen LogP contribution in [-0.2, 0) is 0 Å². The Morgan fingerprint density at radius 2 is 1.97 bits per heavy atom. The van der Waals surface area contributed by atoms with Crippen molar-refractivity contribution >= 4 is 5.91 Å². The van der Waals surface area contributed by atoms with E-state index in [1.54, 1.807) is 37.3 Å². The number of methoxy groups -OCH3 is 2. The van der Waals surface area contributed by atoms with Gasteiger partial charge < -0.3 is 19.5 Å². The quantitative estimate of drug-likeness (QED) is 0.810. The summed E-state index contributed by atoms with van der Waals surface area (Å²) < 4.78 is 24.8. The van der Waals surface area contributed by atoms with E-state index in [9.17, 15) is 14.3 Å². The molecule has 1 saturated carbocycles. The molecule has 5 nitrogen and oxygen atoms in total. The van der Waals surface area contributed by atoms with Crippen molar-refractivity contribution in [1.29, 1.82) is 0 Å².